The van der Waals surface area contributed by atoms with Gasteiger partial charge in [-0.2, -0.15) is 4.98 Å². The first kappa shape index (κ1) is 21.0. The molecule has 170 valence electrons. The second-order valence-electron chi connectivity index (χ2n) is 7.80. The third-order valence-corrected chi connectivity index (χ3v) is 6.63. The molecule has 33 heavy (non-hydrogen) atoms. The fourth-order valence-electron chi connectivity index (χ4n) is 3.94. The molecule has 0 unspecified atom stereocenters. The van der Waals surface area contributed by atoms with E-state index in [0.717, 1.165) is 23.3 Å². The predicted molar refractivity (Wildman–Crippen MR) is 127 cm³/mol. The van der Waals surface area contributed by atoms with Crippen LogP contribution in [0.15, 0.2) is 51.4 Å². The summed E-state index contributed by atoms with van der Waals surface area (Å²) in [6.07, 6.45) is 0. The zero-order chi connectivity index (χ0) is 23.1. The molecule has 1 aromatic carbocycles. The molecule has 0 saturated carbocycles. The van der Waals surface area contributed by atoms with E-state index in [2.05, 4.69) is 19.8 Å². The SMILES string of the molecule is Cn1c(=O)c2[nH]c(N3CCN(c4cccc(OC(=O)c5cccs5)c4)CC3)nc2n(C)c1=O. The first-order valence-electron chi connectivity index (χ1n) is 10.4. The summed E-state index contributed by atoms with van der Waals surface area (Å²) < 4.78 is 7.96. The van der Waals surface area contributed by atoms with Gasteiger partial charge in [-0.3, -0.25) is 13.9 Å². The zero-order valence-electron chi connectivity index (χ0n) is 18.1. The Morgan fingerprint density at radius 3 is 2.52 bits per heavy atom. The van der Waals surface area contributed by atoms with Crippen LogP contribution < -0.4 is 25.8 Å². The number of carbonyl (C=O) groups excluding carboxylic acids is 1. The number of rotatable bonds is 4. The van der Waals surface area contributed by atoms with E-state index in [-0.39, 0.29) is 11.5 Å². The van der Waals surface area contributed by atoms with E-state index in [4.69, 9.17) is 4.74 Å². The molecule has 1 aliphatic rings. The summed E-state index contributed by atoms with van der Waals surface area (Å²) in [5.41, 5.74) is 0.833. The lowest BCUT2D eigenvalue weighted by Crippen LogP contribution is -2.47. The number of esters is 1. The first-order valence-corrected chi connectivity index (χ1v) is 11.3. The summed E-state index contributed by atoms with van der Waals surface area (Å²) in [6, 6.07) is 11.0. The maximum absolute atomic E-state index is 12.4. The van der Waals surface area contributed by atoms with Crippen molar-refractivity contribution < 1.29 is 9.53 Å². The Labute approximate surface area is 192 Å². The van der Waals surface area contributed by atoms with Crippen molar-refractivity contribution in [3.05, 3.63) is 67.5 Å². The van der Waals surface area contributed by atoms with E-state index in [9.17, 15) is 14.4 Å². The quantitative estimate of drug-likeness (QED) is 0.360. The summed E-state index contributed by atoms with van der Waals surface area (Å²) in [5, 5.41) is 1.84. The maximum Gasteiger partial charge on any atom is 0.353 e. The van der Waals surface area contributed by atoms with Crippen LogP contribution in [0.2, 0.25) is 0 Å². The minimum atomic E-state index is -0.407. The van der Waals surface area contributed by atoms with E-state index >= 15 is 0 Å². The Balaban J connectivity index is 1.30. The molecule has 0 bridgehead atoms. The molecule has 1 saturated heterocycles. The topological polar surface area (TPSA) is 105 Å². The Morgan fingerprint density at radius 1 is 1.03 bits per heavy atom. The van der Waals surface area contributed by atoms with Gasteiger partial charge in [0, 0.05) is 52.0 Å². The van der Waals surface area contributed by atoms with Crippen molar-refractivity contribution in [1.29, 1.82) is 0 Å². The highest BCUT2D eigenvalue weighted by molar-refractivity contribution is 7.12. The first-order chi connectivity index (χ1) is 15.9. The fourth-order valence-corrected chi connectivity index (χ4v) is 4.53. The van der Waals surface area contributed by atoms with Crippen LogP contribution in [0.4, 0.5) is 11.6 Å². The molecule has 0 radical (unpaired) electrons. The lowest BCUT2D eigenvalue weighted by Gasteiger charge is -2.36. The number of carbonyl (C=O) groups is 1. The van der Waals surface area contributed by atoms with Crippen LogP contribution in [0, 0.1) is 0 Å². The molecule has 1 aliphatic heterocycles. The van der Waals surface area contributed by atoms with Gasteiger partial charge in [-0.25, -0.2) is 9.59 Å². The summed E-state index contributed by atoms with van der Waals surface area (Å²) in [5.74, 6) is 0.710. The highest BCUT2D eigenvalue weighted by Gasteiger charge is 2.22. The van der Waals surface area contributed by atoms with Gasteiger partial charge >= 0.3 is 11.7 Å². The Hall–Kier alpha value is -3.86. The minimum absolute atomic E-state index is 0.317. The van der Waals surface area contributed by atoms with Gasteiger partial charge in [0.1, 0.15) is 10.6 Å². The number of anilines is 2. The average molecular weight is 467 g/mol. The summed E-state index contributed by atoms with van der Waals surface area (Å²) >= 11 is 1.35. The standard InChI is InChI=1S/C22H22N6O4S/c1-25-18-17(19(29)26(2)22(25)31)23-21(24-18)28-10-8-27(9-11-28)14-5-3-6-15(13-14)32-20(30)16-7-4-12-33-16/h3-7,12-13H,8-11H2,1-2H3,(H,23,24). The maximum atomic E-state index is 12.4. The monoisotopic (exact) mass is 466 g/mol. The summed E-state index contributed by atoms with van der Waals surface area (Å²) in [7, 11) is 3.06. The van der Waals surface area contributed by atoms with Gasteiger partial charge in [-0.1, -0.05) is 12.1 Å². The summed E-state index contributed by atoms with van der Waals surface area (Å²) in [6.45, 7) is 2.78. The van der Waals surface area contributed by atoms with Crippen molar-refractivity contribution in [3.63, 3.8) is 0 Å². The highest BCUT2D eigenvalue weighted by atomic mass is 32.1. The van der Waals surface area contributed by atoms with Crippen molar-refractivity contribution in [2.75, 3.05) is 36.0 Å². The number of nitrogens with one attached hydrogen (secondary N) is 1. The number of fused-ring (bicyclic) bond motifs is 1. The van der Waals surface area contributed by atoms with Gasteiger partial charge in [0.05, 0.1) is 0 Å². The lowest BCUT2D eigenvalue weighted by atomic mass is 10.2. The number of benzene rings is 1. The second-order valence-corrected chi connectivity index (χ2v) is 8.75. The molecule has 0 spiro atoms. The number of nitrogens with zero attached hydrogens (tertiary/aromatic N) is 5. The number of H-pyrrole nitrogens is 1. The van der Waals surface area contributed by atoms with Gasteiger partial charge in [-0.15, -0.1) is 11.3 Å². The molecule has 0 amide bonds. The number of hydrogen-bond acceptors (Lipinski definition) is 8. The number of ether oxygens (including phenoxy) is 1. The minimum Gasteiger partial charge on any atom is -0.422 e. The van der Waals surface area contributed by atoms with Crippen molar-refractivity contribution in [2.24, 2.45) is 14.1 Å². The smallest absolute Gasteiger partial charge is 0.353 e. The van der Waals surface area contributed by atoms with Crippen LogP contribution in [0.5, 0.6) is 5.75 Å². The Morgan fingerprint density at radius 2 is 1.79 bits per heavy atom. The van der Waals surface area contributed by atoms with Crippen molar-refractivity contribution in [2.45, 2.75) is 0 Å². The molecular weight excluding hydrogens is 444 g/mol. The van der Waals surface area contributed by atoms with Crippen molar-refractivity contribution >= 4 is 40.1 Å². The Kier molecular flexibility index (Phi) is 5.25. The molecule has 1 N–H and O–H groups in total. The van der Waals surface area contributed by atoms with E-state index in [1.54, 1.807) is 19.2 Å². The van der Waals surface area contributed by atoms with Crippen LogP contribution in [0.25, 0.3) is 11.2 Å². The third-order valence-electron chi connectivity index (χ3n) is 5.78. The normalized spacial score (nSPS) is 14.1. The number of aromatic nitrogens is 4. The molecule has 5 rings (SSSR count). The zero-order valence-corrected chi connectivity index (χ0v) is 19.0. The van der Waals surface area contributed by atoms with E-state index in [1.807, 2.05) is 29.6 Å². The molecule has 0 atom stereocenters. The number of aromatic amines is 1. The molecule has 4 aromatic rings. The van der Waals surface area contributed by atoms with Gasteiger partial charge < -0.3 is 19.5 Å². The molecular formula is C22H22N6O4S. The second kappa shape index (κ2) is 8.24. The number of thiophene rings is 1. The number of hydrogen-bond donors (Lipinski definition) is 1. The van der Waals surface area contributed by atoms with Crippen molar-refractivity contribution in [3.8, 4) is 5.75 Å². The molecule has 4 heterocycles. The van der Waals surface area contributed by atoms with Crippen LogP contribution in [-0.4, -0.2) is 51.3 Å². The number of piperazine rings is 1. The van der Waals surface area contributed by atoms with E-state index < -0.39 is 5.69 Å². The fraction of sp³-hybridized carbons (Fsp3) is 0.273. The highest BCUT2D eigenvalue weighted by Crippen LogP contribution is 2.25. The van der Waals surface area contributed by atoms with Gasteiger partial charge in [0.25, 0.3) is 5.56 Å². The molecule has 3 aromatic heterocycles. The predicted octanol–water partition coefficient (Wildman–Crippen LogP) is 1.57. The van der Waals surface area contributed by atoms with Crippen LogP contribution in [0.1, 0.15) is 9.67 Å². The van der Waals surface area contributed by atoms with E-state index in [0.29, 0.717) is 40.8 Å². The van der Waals surface area contributed by atoms with Crippen LogP contribution >= 0.6 is 11.3 Å². The third kappa shape index (κ3) is 3.80. The summed E-state index contributed by atoms with van der Waals surface area (Å²) in [4.78, 5) is 49.3. The molecule has 0 aliphatic carbocycles. The van der Waals surface area contributed by atoms with Crippen LogP contribution in [-0.2, 0) is 14.1 Å². The molecule has 11 heteroatoms. The average Bonchev–Trinajstić information content (AvgIpc) is 3.53. The van der Waals surface area contributed by atoms with Gasteiger partial charge in [0.2, 0.25) is 5.95 Å². The Bertz CT molecular complexity index is 1440. The van der Waals surface area contributed by atoms with Crippen molar-refractivity contribution in [1.82, 2.24) is 19.1 Å². The largest absolute Gasteiger partial charge is 0.422 e. The van der Waals surface area contributed by atoms with Gasteiger partial charge in [0.15, 0.2) is 11.2 Å². The van der Waals surface area contributed by atoms with Gasteiger partial charge in [-0.05, 0) is 23.6 Å². The molecule has 10 nitrogen and oxygen atoms in total. The lowest BCUT2D eigenvalue weighted by molar-refractivity contribution is 0.0740. The number of aryl methyl sites for hydroxylation is 1. The molecule has 1 fully saturated rings. The van der Waals surface area contributed by atoms with Crippen LogP contribution in [0.3, 0.4) is 0 Å². The number of imidazole rings is 1. The van der Waals surface area contributed by atoms with E-state index in [1.165, 1.54) is 23.0 Å².